The van der Waals surface area contributed by atoms with Gasteiger partial charge in [0.25, 0.3) is 5.91 Å². The molecule has 1 aliphatic heterocycles. The fraction of sp³-hybridized carbons (Fsp3) is 0.467. The van der Waals surface area contributed by atoms with E-state index >= 15 is 0 Å². The van der Waals surface area contributed by atoms with Gasteiger partial charge in [-0.1, -0.05) is 12.1 Å². The van der Waals surface area contributed by atoms with E-state index in [9.17, 15) is 9.90 Å². The number of hydrogen-bond donors (Lipinski definition) is 6. The van der Waals surface area contributed by atoms with Gasteiger partial charge in [-0.2, -0.15) is 15.0 Å². The molecule has 14 nitrogen and oxygen atoms in total. The molecule has 0 bridgehead atoms. The Labute approximate surface area is 256 Å². The molecule has 1 aromatic heterocycles. The summed E-state index contributed by atoms with van der Waals surface area (Å²) in [4.78, 5) is 26.3. The number of anilines is 4. The van der Waals surface area contributed by atoms with Gasteiger partial charge >= 0.3 is 0 Å². The smallest absolute Gasteiger partial charge is 0.251 e. The number of aliphatic hydroxyl groups is 1. The minimum Gasteiger partial charge on any atom is -0.454 e. The lowest BCUT2D eigenvalue weighted by Crippen LogP contribution is -2.29. The topological polar surface area (TPSA) is 187 Å². The molecule has 7 N–H and O–H groups in total. The van der Waals surface area contributed by atoms with Crippen LogP contribution in [0.4, 0.5) is 23.5 Å². The van der Waals surface area contributed by atoms with Crippen molar-refractivity contribution in [1.29, 1.82) is 0 Å². The zero-order chi connectivity index (χ0) is 30.6. The highest BCUT2D eigenvalue weighted by Crippen LogP contribution is 2.35. The second-order valence-electron chi connectivity index (χ2n) is 10.4. The van der Waals surface area contributed by atoms with Crippen LogP contribution < -0.4 is 36.5 Å². The number of nitrogens with two attached hydrogens (primary N) is 1. The van der Waals surface area contributed by atoms with E-state index < -0.39 is 0 Å². The number of carbonyl (C=O) groups is 1. The van der Waals surface area contributed by atoms with Crippen molar-refractivity contribution in [3.8, 4) is 11.5 Å². The van der Waals surface area contributed by atoms with Crippen LogP contribution in [0.1, 0.15) is 41.6 Å². The third-order valence-electron chi connectivity index (χ3n) is 7.15. The Morgan fingerprint density at radius 3 is 2.45 bits per heavy atom. The molecule has 1 aliphatic carbocycles. The quantitative estimate of drug-likeness (QED) is 0.130. The van der Waals surface area contributed by atoms with Crippen LogP contribution in [0.2, 0.25) is 0 Å². The fourth-order valence-electron chi connectivity index (χ4n) is 4.86. The molecule has 14 heteroatoms. The second-order valence-corrected chi connectivity index (χ2v) is 10.4. The number of nitrogens with zero attached hydrogens (tertiary/aromatic N) is 3. The molecule has 0 spiro atoms. The average Bonchev–Trinajstić information content (AvgIpc) is 3.52. The van der Waals surface area contributed by atoms with Crippen molar-refractivity contribution in [2.24, 2.45) is 5.73 Å². The number of ether oxygens (including phenoxy) is 4. The highest BCUT2D eigenvalue weighted by Gasteiger charge is 2.21. The van der Waals surface area contributed by atoms with E-state index in [4.69, 9.17) is 24.7 Å². The number of rotatable bonds is 16. The third kappa shape index (κ3) is 9.13. The number of benzene rings is 2. The standard InChI is InChI=1S/C30H40N8O6/c31-12-14-41-16-17-42-15-13-32-27(40)20-4-6-22(7-5-20)34-29-36-28(33-18-21-2-1-3-25-26(21)44-19-43-25)37-30(38-29)35-23-8-10-24(39)11-9-23/h1-7,23-24,39H,8-19,31H2,(H,32,40)(H3,33,34,35,36,37,38). The Kier molecular flexibility index (Phi) is 11.3. The van der Waals surface area contributed by atoms with E-state index in [1.54, 1.807) is 24.3 Å². The number of hydrogen-bond acceptors (Lipinski definition) is 13. The van der Waals surface area contributed by atoms with Gasteiger partial charge in [0.1, 0.15) is 0 Å². The van der Waals surface area contributed by atoms with Crippen molar-refractivity contribution in [2.45, 2.75) is 44.4 Å². The van der Waals surface area contributed by atoms with E-state index in [1.807, 2.05) is 18.2 Å². The second kappa shape index (κ2) is 16.0. The van der Waals surface area contributed by atoms with Crippen LogP contribution in [0.3, 0.4) is 0 Å². The minimum atomic E-state index is -0.260. The van der Waals surface area contributed by atoms with Crippen LogP contribution in [0.25, 0.3) is 0 Å². The highest BCUT2D eigenvalue weighted by atomic mass is 16.7. The van der Waals surface area contributed by atoms with E-state index in [0.29, 0.717) is 86.7 Å². The van der Waals surface area contributed by atoms with Crippen molar-refractivity contribution >= 4 is 29.4 Å². The first-order valence-electron chi connectivity index (χ1n) is 14.9. The van der Waals surface area contributed by atoms with E-state index in [1.165, 1.54) is 0 Å². The number of para-hydroxylation sites is 1. The molecule has 2 aromatic carbocycles. The number of amides is 1. The Morgan fingerprint density at radius 2 is 1.66 bits per heavy atom. The molecule has 0 unspecified atom stereocenters. The maximum absolute atomic E-state index is 12.5. The van der Waals surface area contributed by atoms with Gasteiger partial charge in [-0.05, 0) is 56.0 Å². The van der Waals surface area contributed by atoms with E-state index in [-0.39, 0.29) is 24.8 Å². The van der Waals surface area contributed by atoms with Crippen LogP contribution in [0.15, 0.2) is 42.5 Å². The zero-order valence-electron chi connectivity index (χ0n) is 24.6. The summed E-state index contributed by atoms with van der Waals surface area (Å²) in [5.41, 5.74) is 7.52. The van der Waals surface area contributed by atoms with Gasteiger partial charge < -0.3 is 51.1 Å². The highest BCUT2D eigenvalue weighted by molar-refractivity contribution is 5.94. The summed E-state index contributed by atoms with van der Waals surface area (Å²) >= 11 is 0. The summed E-state index contributed by atoms with van der Waals surface area (Å²) in [6.45, 7) is 3.28. The van der Waals surface area contributed by atoms with Crippen LogP contribution in [0.5, 0.6) is 11.5 Å². The number of aromatic nitrogens is 3. The van der Waals surface area contributed by atoms with E-state index in [2.05, 4.69) is 36.2 Å². The fourth-order valence-corrected chi connectivity index (χ4v) is 4.86. The maximum atomic E-state index is 12.5. The lowest BCUT2D eigenvalue weighted by molar-refractivity contribution is 0.0511. The number of fused-ring (bicyclic) bond motifs is 1. The monoisotopic (exact) mass is 608 g/mol. The SMILES string of the molecule is NCCOCCOCCNC(=O)c1ccc(Nc2nc(NCc3cccc4c3OCO4)nc(NC3CCC(O)CC3)n2)cc1. The van der Waals surface area contributed by atoms with E-state index in [0.717, 1.165) is 31.2 Å². The molecular weight excluding hydrogens is 568 g/mol. The van der Waals surface area contributed by atoms with Gasteiger partial charge in [-0.15, -0.1) is 0 Å². The summed E-state index contributed by atoms with van der Waals surface area (Å²) in [7, 11) is 0. The zero-order valence-corrected chi connectivity index (χ0v) is 24.6. The van der Waals surface area contributed by atoms with Gasteiger partial charge in [0, 0.05) is 42.5 Å². The summed E-state index contributed by atoms with van der Waals surface area (Å²) < 4.78 is 21.8. The van der Waals surface area contributed by atoms with Crippen LogP contribution in [-0.2, 0) is 16.0 Å². The van der Waals surface area contributed by atoms with Crippen molar-refractivity contribution in [3.63, 3.8) is 0 Å². The molecule has 0 radical (unpaired) electrons. The molecule has 1 fully saturated rings. The van der Waals surface area contributed by atoms with Gasteiger partial charge in [-0.25, -0.2) is 0 Å². The molecule has 3 aromatic rings. The molecular formula is C30H40N8O6. The van der Waals surface area contributed by atoms with Crippen molar-refractivity contribution in [1.82, 2.24) is 20.3 Å². The van der Waals surface area contributed by atoms with Crippen molar-refractivity contribution < 1.29 is 28.8 Å². The Hall–Kier alpha value is -4.24. The Bertz CT molecular complexity index is 1350. The molecule has 0 saturated heterocycles. The predicted molar refractivity (Wildman–Crippen MR) is 164 cm³/mol. The molecule has 2 heterocycles. The summed E-state index contributed by atoms with van der Waals surface area (Å²) in [6, 6.07) is 12.9. The van der Waals surface area contributed by atoms with Gasteiger partial charge in [0.05, 0.1) is 32.5 Å². The van der Waals surface area contributed by atoms with Crippen LogP contribution in [0, 0.1) is 0 Å². The first-order valence-corrected chi connectivity index (χ1v) is 14.9. The summed E-state index contributed by atoms with van der Waals surface area (Å²) in [6.07, 6.45) is 2.86. The predicted octanol–water partition coefficient (Wildman–Crippen LogP) is 2.39. The first-order chi connectivity index (χ1) is 21.6. The molecule has 0 atom stereocenters. The number of aliphatic hydroxyl groups excluding tert-OH is 1. The van der Waals surface area contributed by atoms with Crippen molar-refractivity contribution in [3.05, 3.63) is 53.6 Å². The van der Waals surface area contributed by atoms with Crippen LogP contribution >= 0.6 is 0 Å². The first kappa shape index (κ1) is 31.2. The minimum absolute atomic E-state index is 0.150. The lowest BCUT2D eigenvalue weighted by atomic mass is 9.93. The molecule has 1 saturated carbocycles. The van der Waals surface area contributed by atoms with Crippen molar-refractivity contribution in [2.75, 3.05) is 62.3 Å². The molecule has 1 amide bonds. The molecule has 2 aliphatic rings. The molecule has 236 valence electrons. The normalized spacial score (nSPS) is 17.2. The third-order valence-corrected chi connectivity index (χ3v) is 7.15. The number of nitrogens with one attached hydrogen (secondary N) is 4. The van der Waals surface area contributed by atoms with Gasteiger partial charge in [0.15, 0.2) is 11.5 Å². The largest absolute Gasteiger partial charge is 0.454 e. The van der Waals surface area contributed by atoms with Gasteiger partial charge in [0.2, 0.25) is 24.6 Å². The lowest BCUT2D eigenvalue weighted by Gasteiger charge is -2.26. The summed E-state index contributed by atoms with van der Waals surface area (Å²) in [5.74, 6) is 2.35. The molecule has 5 rings (SSSR count). The summed E-state index contributed by atoms with van der Waals surface area (Å²) in [5, 5.41) is 22.6. The number of carbonyl (C=O) groups excluding carboxylic acids is 1. The maximum Gasteiger partial charge on any atom is 0.251 e. The van der Waals surface area contributed by atoms with Gasteiger partial charge in [-0.3, -0.25) is 4.79 Å². The Balaban J connectivity index is 1.19. The average molecular weight is 609 g/mol. The Morgan fingerprint density at radius 1 is 0.909 bits per heavy atom. The molecule has 44 heavy (non-hydrogen) atoms. The van der Waals surface area contributed by atoms with Crippen LogP contribution in [-0.4, -0.2) is 84.4 Å².